The van der Waals surface area contributed by atoms with Crippen molar-refractivity contribution >= 4 is 39.8 Å². The maximum absolute atomic E-state index is 14.0. The molecule has 1 N–H and O–H groups in total. The van der Waals surface area contributed by atoms with Crippen molar-refractivity contribution in [1.29, 1.82) is 0 Å². The molecule has 1 saturated carbocycles. The van der Waals surface area contributed by atoms with Crippen molar-refractivity contribution in [2.24, 2.45) is 10.8 Å². The zero-order valence-corrected chi connectivity index (χ0v) is 25.6. The molecule has 2 aliphatic heterocycles. The van der Waals surface area contributed by atoms with Gasteiger partial charge in [-0.1, -0.05) is 27.2 Å². The van der Waals surface area contributed by atoms with E-state index in [1.54, 1.807) is 4.68 Å². The molecular formula is C33H46N4O4. The summed E-state index contributed by atoms with van der Waals surface area (Å²) in [5.41, 5.74) is 2.97. The van der Waals surface area contributed by atoms with E-state index in [0.717, 1.165) is 60.7 Å². The molecule has 41 heavy (non-hydrogen) atoms. The Morgan fingerprint density at radius 2 is 1.85 bits per heavy atom. The van der Waals surface area contributed by atoms with E-state index in [-0.39, 0.29) is 52.7 Å². The standard InChI is InChI=1S/C33H46N4O4/c1-7-27(40)26-17-33-13-11-24(39)16-32(5,6)12-9-8-10-22-14-23(34-20(2)3)15-25-30(21(4)38)35-36(31(22)25)19-29(41)37(26)28(33)18-33/h14-15,20,26,28,34H,7-13,16-19H2,1-6H3/t26-,28+,33-/m0/s1. The molecule has 222 valence electrons. The number of aryl methyl sites for hydroxylation is 1. The van der Waals surface area contributed by atoms with Crippen molar-refractivity contribution in [3.05, 3.63) is 23.4 Å². The number of piperidine rings is 1. The summed E-state index contributed by atoms with van der Waals surface area (Å²) in [5, 5.41) is 8.96. The number of amides is 1. The van der Waals surface area contributed by atoms with E-state index in [1.165, 1.54) is 6.92 Å². The number of ketones is 3. The highest BCUT2D eigenvalue weighted by molar-refractivity contribution is 6.06. The molecule has 3 heterocycles. The lowest BCUT2D eigenvalue weighted by molar-refractivity contribution is -0.139. The van der Waals surface area contributed by atoms with Gasteiger partial charge in [0.2, 0.25) is 5.91 Å². The van der Waals surface area contributed by atoms with Gasteiger partial charge in [0.25, 0.3) is 0 Å². The average molecular weight is 563 g/mol. The van der Waals surface area contributed by atoms with E-state index >= 15 is 0 Å². The van der Waals surface area contributed by atoms with Crippen LogP contribution in [0, 0.1) is 10.8 Å². The minimum Gasteiger partial charge on any atom is -0.383 e. The van der Waals surface area contributed by atoms with Crippen LogP contribution in [-0.2, 0) is 27.3 Å². The van der Waals surface area contributed by atoms with Gasteiger partial charge in [-0.3, -0.25) is 23.9 Å². The number of carbonyl (C=O) groups is 4. The molecule has 8 heteroatoms. The number of rotatable bonds is 5. The van der Waals surface area contributed by atoms with Crippen LogP contribution in [0.25, 0.3) is 10.9 Å². The van der Waals surface area contributed by atoms with E-state index in [9.17, 15) is 19.2 Å². The molecule has 3 aliphatic rings. The fourth-order valence-corrected chi connectivity index (χ4v) is 7.48. The van der Waals surface area contributed by atoms with Gasteiger partial charge >= 0.3 is 0 Å². The van der Waals surface area contributed by atoms with Crippen molar-refractivity contribution in [3.63, 3.8) is 0 Å². The number of hydrogen-bond acceptors (Lipinski definition) is 6. The van der Waals surface area contributed by atoms with Crippen LogP contribution in [-0.4, -0.2) is 56.1 Å². The Kier molecular flexibility index (Phi) is 7.90. The highest BCUT2D eigenvalue weighted by Crippen LogP contribution is 2.62. The third kappa shape index (κ3) is 5.84. The van der Waals surface area contributed by atoms with E-state index in [2.05, 4.69) is 39.1 Å². The summed E-state index contributed by atoms with van der Waals surface area (Å²) in [4.78, 5) is 54.7. The Morgan fingerprint density at radius 3 is 2.54 bits per heavy atom. The van der Waals surface area contributed by atoms with Crippen LogP contribution in [0.4, 0.5) is 5.69 Å². The summed E-state index contributed by atoms with van der Waals surface area (Å²) in [5.74, 6) is 0.0943. The van der Waals surface area contributed by atoms with E-state index in [1.807, 2.05) is 17.9 Å². The molecule has 8 nitrogen and oxygen atoms in total. The summed E-state index contributed by atoms with van der Waals surface area (Å²) >= 11 is 0. The quantitative estimate of drug-likeness (QED) is 0.456. The largest absolute Gasteiger partial charge is 0.383 e. The summed E-state index contributed by atoms with van der Waals surface area (Å²) in [7, 11) is 0. The van der Waals surface area contributed by atoms with Crippen LogP contribution in [0.2, 0.25) is 0 Å². The first-order valence-corrected chi connectivity index (χ1v) is 15.5. The molecule has 3 atom stereocenters. The molecule has 1 aliphatic carbocycles. The van der Waals surface area contributed by atoms with Gasteiger partial charge in [-0.2, -0.15) is 5.10 Å². The molecule has 1 saturated heterocycles. The van der Waals surface area contributed by atoms with Gasteiger partial charge in [0.15, 0.2) is 11.6 Å². The van der Waals surface area contributed by atoms with Crippen molar-refractivity contribution in [1.82, 2.24) is 14.7 Å². The monoisotopic (exact) mass is 562 g/mol. The molecule has 2 aromatic rings. The molecule has 0 unspecified atom stereocenters. The lowest BCUT2D eigenvalue weighted by Crippen LogP contribution is -2.44. The fraction of sp³-hybridized carbons (Fsp3) is 0.667. The second kappa shape index (κ2) is 11.0. The first kappa shape index (κ1) is 29.5. The van der Waals surface area contributed by atoms with Crippen LogP contribution in [0.5, 0.6) is 0 Å². The summed E-state index contributed by atoms with van der Waals surface area (Å²) in [6.07, 6.45) is 7.30. The molecule has 2 fully saturated rings. The van der Waals surface area contributed by atoms with Gasteiger partial charge in [-0.15, -0.1) is 0 Å². The van der Waals surface area contributed by atoms with Gasteiger partial charge in [0.05, 0.1) is 11.6 Å². The van der Waals surface area contributed by atoms with Gasteiger partial charge in [0, 0.05) is 49.3 Å². The SMILES string of the molecule is CCC(=O)[C@@H]1C[C@]23CCC(=O)CC(C)(C)CCCCc4cc(NC(C)C)cc5c(C(C)=O)nn(c45)CC(=O)N1[C@@H]2C3. The third-order valence-electron chi connectivity index (χ3n) is 9.55. The minimum atomic E-state index is -0.452. The lowest BCUT2D eigenvalue weighted by Gasteiger charge is -2.27. The Morgan fingerprint density at radius 1 is 1.10 bits per heavy atom. The van der Waals surface area contributed by atoms with Gasteiger partial charge < -0.3 is 10.2 Å². The van der Waals surface area contributed by atoms with Crippen molar-refractivity contribution in [2.45, 2.75) is 130 Å². The van der Waals surface area contributed by atoms with Gasteiger partial charge in [-0.05, 0) is 80.9 Å². The summed E-state index contributed by atoms with van der Waals surface area (Å²) < 4.78 is 1.71. The Hall–Kier alpha value is -3.03. The zero-order chi connectivity index (χ0) is 29.7. The number of nitrogens with one attached hydrogen (secondary N) is 1. The molecule has 1 aromatic heterocycles. The second-order valence-electron chi connectivity index (χ2n) is 13.9. The highest BCUT2D eigenvalue weighted by Gasteiger charge is 2.66. The first-order valence-electron chi connectivity index (χ1n) is 15.5. The van der Waals surface area contributed by atoms with Crippen LogP contribution >= 0.6 is 0 Å². The summed E-state index contributed by atoms with van der Waals surface area (Å²) in [6, 6.07) is 3.86. The average Bonchev–Trinajstić information content (AvgIpc) is 3.30. The number of nitrogens with zero attached hydrogens (tertiary/aromatic N) is 3. The van der Waals surface area contributed by atoms with E-state index < -0.39 is 6.04 Å². The van der Waals surface area contributed by atoms with Crippen molar-refractivity contribution < 1.29 is 19.2 Å². The number of carbonyl (C=O) groups excluding carboxylic acids is 4. The number of anilines is 1. The highest BCUT2D eigenvalue weighted by atomic mass is 16.2. The van der Waals surface area contributed by atoms with Gasteiger partial charge in [-0.25, -0.2) is 0 Å². The normalized spacial score (nSPS) is 26.7. The van der Waals surface area contributed by atoms with Crippen molar-refractivity contribution in [2.75, 3.05) is 5.32 Å². The van der Waals surface area contributed by atoms with Crippen LogP contribution in [0.15, 0.2) is 12.1 Å². The molecular weight excluding hydrogens is 516 g/mol. The fourth-order valence-electron chi connectivity index (χ4n) is 7.48. The lowest BCUT2D eigenvalue weighted by atomic mass is 9.80. The molecule has 0 spiro atoms. The number of aromatic nitrogens is 2. The Labute approximate surface area is 243 Å². The van der Waals surface area contributed by atoms with Gasteiger partial charge in [0.1, 0.15) is 18.0 Å². The first-order chi connectivity index (χ1) is 19.3. The minimum absolute atomic E-state index is 0.0117. The maximum Gasteiger partial charge on any atom is 0.245 e. The Balaban J connectivity index is 1.59. The van der Waals surface area contributed by atoms with Crippen LogP contribution < -0.4 is 5.32 Å². The number of benzene rings is 1. The zero-order valence-electron chi connectivity index (χ0n) is 25.6. The number of Topliss-reactive ketones (excluding diaryl/α,β-unsaturated/α-hetero) is 3. The van der Waals surface area contributed by atoms with E-state index in [4.69, 9.17) is 5.10 Å². The van der Waals surface area contributed by atoms with Crippen LogP contribution in [0.3, 0.4) is 0 Å². The van der Waals surface area contributed by atoms with Crippen LogP contribution in [0.1, 0.15) is 115 Å². The smallest absolute Gasteiger partial charge is 0.245 e. The molecule has 1 amide bonds. The summed E-state index contributed by atoms with van der Waals surface area (Å²) in [6.45, 7) is 11.9. The number of hydrogen-bond donors (Lipinski definition) is 1. The molecule has 1 aromatic carbocycles. The maximum atomic E-state index is 14.0. The second-order valence-corrected chi connectivity index (χ2v) is 13.9. The molecule has 2 bridgehead atoms. The predicted molar refractivity (Wildman–Crippen MR) is 160 cm³/mol. The van der Waals surface area contributed by atoms with Crippen molar-refractivity contribution in [3.8, 4) is 0 Å². The molecule has 0 radical (unpaired) electrons. The topological polar surface area (TPSA) is 101 Å². The Bertz CT molecular complexity index is 1390. The molecule has 5 rings (SSSR count). The predicted octanol–water partition coefficient (Wildman–Crippen LogP) is 5.89. The van der Waals surface area contributed by atoms with E-state index in [0.29, 0.717) is 31.4 Å². The third-order valence-corrected chi connectivity index (χ3v) is 9.55.